The van der Waals surface area contributed by atoms with Crippen molar-refractivity contribution in [3.8, 4) is 17.4 Å². The van der Waals surface area contributed by atoms with Crippen molar-refractivity contribution in [2.45, 2.75) is 6.92 Å². The molecule has 1 amide bonds. The van der Waals surface area contributed by atoms with Gasteiger partial charge in [-0.25, -0.2) is 4.68 Å². The van der Waals surface area contributed by atoms with Crippen molar-refractivity contribution in [2.75, 3.05) is 12.4 Å². The van der Waals surface area contributed by atoms with Crippen LogP contribution in [0.25, 0.3) is 22.7 Å². The van der Waals surface area contributed by atoms with Gasteiger partial charge in [-0.2, -0.15) is 19.9 Å². The van der Waals surface area contributed by atoms with E-state index in [1.165, 1.54) is 22.7 Å². The van der Waals surface area contributed by atoms with Crippen LogP contribution in [0.1, 0.15) is 16.1 Å². The lowest BCUT2D eigenvalue weighted by atomic mass is 10.2. The molecule has 10 nitrogen and oxygen atoms in total. The van der Waals surface area contributed by atoms with Gasteiger partial charge in [0, 0.05) is 16.7 Å². The van der Waals surface area contributed by atoms with Gasteiger partial charge in [0.05, 0.1) is 24.7 Å². The molecule has 2 N–H and O–H groups in total. The fraction of sp³-hybridized carbons (Fsp3) is 0.0870. The molecular weight excluding hydrogens is 458 g/mol. The van der Waals surface area contributed by atoms with E-state index in [4.69, 9.17) is 16.3 Å². The van der Waals surface area contributed by atoms with Gasteiger partial charge in [0.25, 0.3) is 11.5 Å². The fourth-order valence-corrected chi connectivity index (χ4v) is 3.69. The van der Waals surface area contributed by atoms with Crippen LogP contribution in [-0.2, 0) is 0 Å². The third-order valence-corrected chi connectivity index (χ3v) is 5.32. The molecule has 170 valence electrons. The van der Waals surface area contributed by atoms with Gasteiger partial charge in [0.15, 0.2) is 5.65 Å². The zero-order valence-corrected chi connectivity index (χ0v) is 18.9. The third kappa shape index (κ3) is 3.90. The highest BCUT2D eigenvalue weighted by Crippen LogP contribution is 2.21. The van der Waals surface area contributed by atoms with Crippen molar-refractivity contribution in [3.05, 3.63) is 87.4 Å². The molecule has 0 saturated heterocycles. The zero-order chi connectivity index (χ0) is 23.8. The van der Waals surface area contributed by atoms with E-state index in [-0.39, 0.29) is 11.9 Å². The lowest BCUT2D eigenvalue weighted by Crippen LogP contribution is -2.19. The maximum atomic E-state index is 12.9. The van der Waals surface area contributed by atoms with Crippen LogP contribution in [0.2, 0.25) is 5.02 Å². The number of H-pyrrole nitrogens is 1. The van der Waals surface area contributed by atoms with Crippen molar-refractivity contribution in [1.82, 2.24) is 29.5 Å². The molecular formula is C23H18ClN7O3. The maximum absolute atomic E-state index is 12.9. The minimum atomic E-state index is -0.397. The fourth-order valence-electron chi connectivity index (χ4n) is 3.51. The Morgan fingerprint density at radius 1 is 1.12 bits per heavy atom. The van der Waals surface area contributed by atoms with Gasteiger partial charge >= 0.3 is 0 Å². The van der Waals surface area contributed by atoms with Crippen molar-refractivity contribution in [3.63, 3.8) is 0 Å². The lowest BCUT2D eigenvalue weighted by Gasteiger charge is -2.09. The van der Waals surface area contributed by atoms with E-state index in [1.807, 2.05) is 0 Å². The summed E-state index contributed by atoms with van der Waals surface area (Å²) in [5, 5.41) is 12.3. The monoisotopic (exact) mass is 475 g/mol. The minimum absolute atomic E-state index is 0.121. The topological polar surface area (TPSA) is 120 Å². The first-order valence-corrected chi connectivity index (χ1v) is 10.6. The summed E-state index contributed by atoms with van der Waals surface area (Å²) in [6.45, 7) is 1.77. The Balaban J connectivity index is 1.57. The van der Waals surface area contributed by atoms with Gasteiger partial charge in [0.2, 0.25) is 5.95 Å². The number of nitrogens with zero attached hydrogens (tertiary/aromatic N) is 5. The van der Waals surface area contributed by atoms with E-state index in [9.17, 15) is 9.59 Å². The van der Waals surface area contributed by atoms with Crippen molar-refractivity contribution in [1.29, 1.82) is 0 Å². The zero-order valence-electron chi connectivity index (χ0n) is 18.1. The molecule has 0 bridgehead atoms. The van der Waals surface area contributed by atoms with E-state index >= 15 is 0 Å². The average molecular weight is 476 g/mol. The number of fused-ring (bicyclic) bond motifs is 1. The van der Waals surface area contributed by atoms with Crippen LogP contribution in [-0.4, -0.2) is 42.5 Å². The number of ether oxygens (including phenoxy) is 1. The van der Waals surface area contributed by atoms with E-state index in [2.05, 4.69) is 25.5 Å². The Bertz CT molecular complexity index is 1600. The summed E-state index contributed by atoms with van der Waals surface area (Å²) >= 11 is 6.12. The van der Waals surface area contributed by atoms with Crippen LogP contribution in [0, 0.1) is 6.92 Å². The Hall–Kier alpha value is -4.44. The molecule has 2 aromatic carbocycles. The first kappa shape index (κ1) is 21.4. The molecule has 34 heavy (non-hydrogen) atoms. The highest BCUT2D eigenvalue weighted by atomic mass is 35.5. The standard InChI is InChI=1S/C23H18ClN7O3/c1-13-9-19(26-21(32)14-5-3-8-17(10-14)34-2)31(29-13)23-27-20-18(22(33)28-23)12-25-30(20)16-7-4-6-15(24)11-16/h3-12H,1-2H3,(H,26,32)(H,27,28,33). The molecule has 0 spiro atoms. The molecule has 0 aliphatic heterocycles. The molecule has 0 fully saturated rings. The summed E-state index contributed by atoms with van der Waals surface area (Å²) in [6, 6.07) is 15.5. The quantitative estimate of drug-likeness (QED) is 0.401. The summed E-state index contributed by atoms with van der Waals surface area (Å²) in [5.74, 6) is 0.646. The number of nitrogens with one attached hydrogen (secondary N) is 2. The molecule has 0 saturated carbocycles. The Morgan fingerprint density at radius 3 is 2.74 bits per heavy atom. The number of hydrogen-bond acceptors (Lipinski definition) is 6. The lowest BCUT2D eigenvalue weighted by molar-refractivity contribution is 0.102. The number of anilines is 1. The predicted octanol–water partition coefficient (Wildman–Crippen LogP) is 3.52. The number of hydrogen-bond donors (Lipinski definition) is 2. The molecule has 0 aliphatic rings. The second-order valence-electron chi connectivity index (χ2n) is 7.43. The smallest absolute Gasteiger partial charge is 0.263 e. The summed E-state index contributed by atoms with van der Waals surface area (Å²) < 4.78 is 8.07. The molecule has 11 heteroatoms. The van der Waals surface area contributed by atoms with Gasteiger partial charge < -0.3 is 10.1 Å². The Kier molecular flexibility index (Phi) is 5.34. The molecule has 0 unspecified atom stereocenters. The largest absolute Gasteiger partial charge is 0.497 e. The number of aromatic amines is 1. The van der Waals surface area contributed by atoms with Gasteiger partial charge in [-0.3, -0.25) is 14.6 Å². The Morgan fingerprint density at radius 2 is 1.94 bits per heavy atom. The molecule has 0 aliphatic carbocycles. The molecule has 0 atom stereocenters. The van der Waals surface area contributed by atoms with E-state index in [0.717, 1.165) is 0 Å². The van der Waals surface area contributed by atoms with E-state index in [1.54, 1.807) is 61.5 Å². The van der Waals surface area contributed by atoms with Crippen LogP contribution in [0.3, 0.4) is 0 Å². The number of carbonyl (C=O) groups is 1. The summed E-state index contributed by atoms with van der Waals surface area (Å²) in [4.78, 5) is 33.0. The normalized spacial score (nSPS) is 11.0. The summed E-state index contributed by atoms with van der Waals surface area (Å²) in [7, 11) is 1.53. The number of aryl methyl sites for hydroxylation is 1. The molecule has 0 radical (unpaired) electrons. The number of methoxy groups -OCH3 is 1. The number of carbonyl (C=O) groups excluding carboxylic acids is 1. The number of rotatable bonds is 5. The van der Waals surface area contributed by atoms with Gasteiger partial charge in [0.1, 0.15) is 17.0 Å². The first-order chi connectivity index (χ1) is 16.4. The number of amides is 1. The van der Waals surface area contributed by atoms with Crippen molar-refractivity contribution >= 4 is 34.4 Å². The minimum Gasteiger partial charge on any atom is -0.497 e. The van der Waals surface area contributed by atoms with Gasteiger partial charge in [-0.15, -0.1) is 0 Å². The van der Waals surface area contributed by atoms with Gasteiger partial charge in [-0.1, -0.05) is 23.7 Å². The van der Waals surface area contributed by atoms with Gasteiger partial charge in [-0.05, 0) is 43.3 Å². The first-order valence-electron chi connectivity index (χ1n) is 10.2. The molecule has 3 heterocycles. The second kappa shape index (κ2) is 8.49. The Labute approximate surface area is 197 Å². The summed E-state index contributed by atoms with van der Waals surface area (Å²) in [6.07, 6.45) is 1.44. The molecule has 5 rings (SSSR count). The number of halogens is 1. The molecule has 5 aromatic rings. The summed E-state index contributed by atoms with van der Waals surface area (Å²) in [5.41, 5.74) is 1.59. The highest BCUT2D eigenvalue weighted by molar-refractivity contribution is 6.30. The van der Waals surface area contributed by atoms with Crippen LogP contribution < -0.4 is 15.6 Å². The SMILES string of the molecule is COc1cccc(C(=O)Nc2cc(C)nn2-c2nc3c(cnn3-c3cccc(Cl)c3)c(=O)[nH]2)c1. The van der Waals surface area contributed by atoms with Crippen LogP contribution in [0.4, 0.5) is 5.82 Å². The van der Waals surface area contributed by atoms with Crippen LogP contribution in [0.5, 0.6) is 5.75 Å². The maximum Gasteiger partial charge on any atom is 0.263 e. The van der Waals surface area contributed by atoms with E-state index in [0.29, 0.717) is 44.6 Å². The molecule has 3 aromatic heterocycles. The average Bonchev–Trinajstić information content (AvgIpc) is 3.42. The van der Waals surface area contributed by atoms with Crippen LogP contribution >= 0.6 is 11.6 Å². The third-order valence-electron chi connectivity index (χ3n) is 5.08. The second-order valence-corrected chi connectivity index (χ2v) is 7.87. The van der Waals surface area contributed by atoms with Crippen molar-refractivity contribution in [2.24, 2.45) is 0 Å². The predicted molar refractivity (Wildman–Crippen MR) is 127 cm³/mol. The number of benzene rings is 2. The van der Waals surface area contributed by atoms with Crippen molar-refractivity contribution < 1.29 is 9.53 Å². The van der Waals surface area contributed by atoms with Crippen LogP contribution in [0.15, 0.2) is 65.6 Å². The van der Waals surface area contributed by atoms with E-state index < -0.39 is 5.56 Å². The number of aromatic nitrogens is 6. The highest BCUT2D eigenvalue weighted by Gasteiger charge is 2.18.